The number of amides is 1. The Morgan fingerprint density at radius 1 is 1.43 bits per heavy atom. The molecule has 1 aromatic rings. The van der Waals surface area contributed by atoms with E-state index in [4.69, 9.17) is 5.11 Å². The van der Waals surface area contributed by atoms with Crippen molar-refractivity contribution in [3.63, 3.8) is 0 Å². The average molecular weight is 334 g/mol. The minimum absolute atomic E-state index is 0.0394. The third kappa shape index (κ3) is 4.02. The minimum atomic E-state index is -3.89. The number of likely N-dealkylation sites (N-methyl/N-ethyl adjacent to an activating group) is 1. The molecule has 1 amide bonds. The zero-order valence-electron chi connectivity index (χ0n) is 12.0. The van der Waals surface area contributed by atoms with Crippen LogP contribution in [0.2, 0.25) is 0 Å². The topological polar surface area (TPSA) is 104 Å². The van der Waals surface area contributed by atoms with Crippen molar-refractivity contribution >= 4 is 33.2 Å². The molecular formula is C12H18N2O5S2. The molecule has 0 saturated heterocycles. The summed E-state index contributed by atoms with van der Waals surface area (Å²) in [5.74, 6) is -1.59. The number of carbonyl (C=O) groups is 2. The summed E-state index contributed by atoms with van der Waals surface area (Å²) in [5, 5.41) is 11.3. The molecule has 0 spiro atoms. The summed E-state index contributed by atoms with van der Waals surface area (Å²) in [5.41, 5.74) is 0. The first-order valence-electron chi connectivity index (χ1n) is 6.28. The second kappa shape index (κ2) is 7.01. The number of hydrogen-bond acceptors (Lipinski definition) is 5. The lowest BCUT2D eigenvalue weighted by Crippen LogP contribution is -2.40. The van der Waals surface area contributed by atoms with Gasteiger partial charge < -0.3 is 10.4 Å². The van der Waals surface area contributed by atoms with Crippen LogP contribution in [0.15, 0.2) is 11.0 Å². The molecule has 2 N–H and O–H groups in total. The summed E-state index contributed by atoms with van der Waals surface area (Å²) in [6.45, 7) is 3.25. The molecule has 7 nitrogen and oxygen atoms in total. The van der Waals surface area contributed by atoms with Crippen LogP contribution in [-0.2, 0) is 14.8 Å². The predicted octanol–water partition coefficient (Wildman–Crippen LogP) is 0.901. The van der Waals surface area contributed by atoms with Crippen LogP contribution < -0.4 is 5.32 Å². The number of rotatable bonds is 7. The van der Waals surface area contributed by atoms with Crippen LogP contribution in [0, 0.1) is 6.92 Å². The largest absolute Gasteiger partial charge is 0.477 e. The maximum absolute atomic E-state index is 12.6. The van der Waals surface area contributed by atoms with Gasteiger partial charge in [-0.15, -0.1) is 11.3 Å². The summed E-state index contributed by atoms with van der Waals surface area (Å²) >= 11 is 0.904. The Kier molecular flexibility index (Phi) is 5.87. The quantitative estimate of drug-likeness (QED) is 0.771. The first-order valence-corrected chi connectivity index (χ1v) is 8.54. The van der Waals surface area contributed by atoms with Gasteiger partial charge in [-0.2, -0.15) is 4.31 Å². The first kappa shape index (κ1) is 17.6. The molecule has 0 fully saturated rings. The van der Waals surface area contributed by atoms with Gasteiger partial charge in [0.1, 0.15) is 4.88 Å². The van der Waals surface area contributed by atoms with Crippen molar-refractivity contribution in [2.24, 2.45) is 0 Å². The monoisotopic (exact) mass is 334 g/mol. The van der Waals surface area contributed by atoms with Crippen molar-refractivity contribution in [2.45, 2.75) is 25.2 Å². The Balaban J connectivity index is 3.22. The number of carboxylic acids is 1. The van der Waals surface area contributed by atoms with Crippen LogP contribution in [0.3, 0.4) is 0 Å². The lowest BCUT2D eigenvalue weighted by molar-refractivity contribution is -0.120. The molecule has 0 aromatic carbocycles. The average Bonchev–Trinajstić information content (AvgIpc) is 2.81. The molecule has 1 heterocycles. The molecule has 0 aliphatic heterocycles. The van der Waals surface area contributed by atoms with Crippen molar-refractivity contribution in [1.29, 1.82) is 0 Å². The minimum Gasteiger partial charge on any atom is -0.477 e. The van der Waals surface area contributed by atoms with Crippen LogP contribution in [0.4, 0.5) is 0 Å². The summed E-state index contributed by atoms with van der Waals surface area (Å²) in [7, 11) is -2.46. The van der Waals surface area contributed by atoms with Gasteiger partial charge in [0.15, 0.2) is 0 Å². The highest BCUT2D eigenvalue weighted by Crippen LogP contribution is 2.28. The Morgan fingerprint density at radius 2 is 2.05 bits per heavy atom. The molecular weight excluding hydrogens is 316 g/mol. The number of nitrogens with one attached hydrogen (secondary N) is 1. The van der Waals surface area contributed by atoms with E-state index in [1.807, 2.05) is 0 Å². The molecule has 118 valence electrons. The highest BCUT2D eigenvalue weighted by atomic mass is 32.2. The highest BCUT2D eigenvalue weighted by Gasteiger charge is 2.29. The molecule has 1 rings (SSSR count). The smallest absolute Gasteiger partial charge is 0.345 e. The van der Waals surface area contributed by atoms with Crippen molar-refractivity contribution in [3.05, 3.63) is 15.8 Å². The fourth-order valence-electron chi connectivity index (χ4n) is 1.74. The zero-order chi connectivity index (χ0) is 16.2. The van der Waals surface area contributed by atoms with Crippen molar-refractivity contribution < 1.29 is 23.1 Å². The third-order valence-electron chi connectivity index (χ3n) is 2.77. The molecule has 21 heavy (non-hydrogen) atoms. The highest BCUT2D eigenvalue weighted by molar-refractivity contribution is 7.89. The van der Waals surface area contributed by atoms with Crippen LogP contribution in [0.1, 0.15) is 27.9 Å². The predicted molar refractivity (Wildman–Crippen MR) is 79.1 cm³/mol. The molecule has 0 radical (unpaired) electrons. The Labute approximate surface area is 127 Å². The summed E-state index contributed by atoms with van der Waals surface area (Å²) in [4.78, 5) is 22.7. The number of aromatic carboxylic acids is 1. The maximum Gasteiger partial charge on any atom is 0.345 e. The van der Waals surface area contributed by atoms with E-state index in [0.29, 0.717) is 11.3 Å². The van der Waals surface area contributed by atoms with Crippen LogP contribution in [-0.4, -0.2) is 49.8 Å². The van der Waals surface area contributed by atoms with Gasteiger partial charge in [0.05, 0.1) is 11.4 Å². The fourth-order valence-corrected chi connectivity index (χ4v) is 4.63. The van der Waals surface area contributed by atoms with Crippen LogP contribution in [0.25, 0.3) is 0 Å². The molecule has 0 aliphatic rings. The maximum atomic E-state index is 12.6. The summed E-state index contributed by atoms with van der Waals surface area (Å²) in [6, 6.07) is 1.14. The second-order valence-electron chi connectivity index (χ2n) is 4.35. The van der Waals surface area contributed by atoms with Gasteiger partial charge in [-0.25, -0.2) is 13.2 Å². The van der Waals surface area contributed by atoms with E-state index in [2.05, 4.69) is 5.32 Å². The van der Waals surface area contributed by atoms with E-state index in [1.54, 1.807) is 13.8 Å². The zero-order valence-corrected chi connectivity index (χ0v) is 13.7. The van der Waals surface area contributed by atoms with E-state index in [0.717, 1.165) is 21.7 Å². The third-order valence-corrected chi connectivity index (χ3v) is 5.91. The number of carboxylic acid groups (broad SMARTS) is 1. The molecule has 0 atom stereocenters. The Hall–Kier alpha value is -1.45. The van der Waals surface area contributed by atoms with Gasteiger partial charge in [-0.05, 0) is 19.4 Å². The molecule has 1 aromatic heterocycles. The van der Waals surface area contributed by atoms with E-state index in [1.165, 1.54) is 7.05 Å². The lowest BCUT2D eigenvalue weighted by atomic mass is 10.4. The van der Waals surface area contributed by atoms with Crippen molar-refractivity contribution in [2.75, 3.05) is 20.1 Å². The molecule has 9 heteroatoms. The van der Waals surface area contributed by atoms with E-state index in [9.17, 15) is 18.0 Å². The fraction of sp³-hybridized carbons (Fsp3) is 0.500. The number of aryl methyl sites for hydroxylation is 1. The standard InChI is InChI=1S/C12H18N2O5S2/c1-4-5-14(7-11(15)13-3)21(18,19)10-6-9(12(16)17)20-8(10)2/h6H,4-5,7H2,1-3H3,(H,13,15)(H,16,17). The summed E-state index contributed by atoms with van der Waals surface area (Å²) in [6.07, 6.45) is 0.547. The first-order chi connectivity index (χ1) is 9.73. The Bertz CT molecular complexity index is 636. The van der Waals surface area contributed by atoms with Crippen molar-refractivity contribution in [3.8, 4) is 0 Å². The molecule has 0 saturated carbocycles. The van der Waals surface area contributed by atoms with Crippen LogP contribution in [0.5, 0.6) is 0 Å². The normalized spacial score (nSPS) is 11.6. The van der Waals surface area contributed by atoms with Gasteiger partial charge in [-0.1, -0.05) is 6.92 Å². The second-order valence-corrected chi connectivity index (χ2v) is 7.51. The van der Waals surface area contributed by atoms with Crippen LogP contribution >= 0.6 is 11.3 Å². The Morgan fingerprint density at radius 3 is 2.48 bits per heavy atom. The number of carbonyl (C=O) groups excluding carboxylic acids is 1. The van der Waals surface area contributed by atoms with Crippen molar-refractivity contribution in [1.82, 2.24) is 9.62 Å². The SMILES string of the molecule is CCCN(CC(=O)NC)S(=O)(=O)c1cc(C(=O)O)sc1C. The molecule has 0 unspecified atom stereocenters. The molecule has 0 bridgehead atoms. The van der Waals surface area contributed by atoms with Gasteiger partial charge in [-0.3, -0.25) is 4.79 Å². The number of sulfonamides is 1. The number of nitrogens with zero attached hydrogens (tertiary/aromatic N) is 1. The van der Waals surface area contributed by atoms with Gasteiger partial charge in [0.25, 0.3) is 0 Å². The van der Waals surface area contributed by atoms with Gasteiger partial charge >= 0.3 is 5.97 Å². The van der Waals surface area contributed by atoms with Gasteiger partial charge in [0.2, 0.25) is 15.9 Å². The number of thiophene rings is 1. The van der Waals surface area contributed by atoms with Gasteiger partial charge in [0, 0.05) is 18.5 Å². The molecule has 0 aliphatic carbocycles. The van der Waals surface area contributed by atoms with E-state index < -0.39 is 21.9 Å². The van der Waals surface area contributed by atoms with E-state index in [-0.39, 0.29) is 22.9 Å². The summed E-state index contributed by atoms with van der Waals surface area (Å²) < 4.78 is 26.2. The lowest BCUT2D eigenvalue weighted by Gasteiger charge is -2.20. The van der Waals surface area contributed by atoms with E-state index >= 15 is 0 Å². The number of hydrogen-bond donors (Lipinski definition) is 2.